The molecule has 2 aliphatic rings. The molecule has 0 saturated heterocycles. The Morgan fingerprint density at radius 1 is 0.750 bits per heavy atom. The number of aliphatic carboxylic acids is 1. The molecule has 4 nitrogen and oxygen atoms in total. The molecular weight excluding hydrogens is 302 g/mol. The fourth-order valence-electron chi connectivity index (χ4n) is 3.99. The molecule has 2 N–H and O–H groups in total. The zero-order chi connectivity index (χ0) is 17.2. The summed E-state index contributed by atoms with van der Waals surface area (Å²) in [5.74, 6) is -1.88. The lowest BCUT2D eigenvalue weighted by Gasteiger charge is -2.27. The Hall–Kier alpha value is -1.32. The number of carbonyl (C=O) groups is 2. The molecule has 0 aromatic carbocycles. The van der Waals surface area contributed by atoms with Gasteiger partial charge >= 0.3 is 5.97 Å². The van der Waals surface area contributed by atoms with Crippen molar-refractivity contribution in [2.24, 2.45) is 11.8 Å². The zero-order valence-corrected chi connectivity index (χ0v) is 14.8. The van der Waals surface area contributed by atoms with Gasteiger partial charge in [-0.2, -0.15) is 0 Å². The van der Waals surface area contributed by atoms with Crippen LogP contribution >= 0.6 is 0 Å². The maximum Gasteiger partial charge on any atom is 0.307 e. The Kier molecular flexibility index (Phi) is 8.34. The van der Waals surface area contributed by atoms with E-state index in [9.17, 15) is 14.7 Å². The number of carboxylic acid groups (broad SMARTS) is 1. The summed E-state index contributed by atoms with van der Waals surface area (Å²) in [6, 6.07) is 0.220. The molecule has 0 radical (unpaired) electrons. The summed E-state index contributed by atoms with van der Waals surface area (Å²) in [6.45, 7) is 0. The molecule has 2 rings (SSSR count). The molecule has 0 aliphatic heterocycles. The fourth-order valence-corrected chi connectivity index (χ4v) is 3.99. The molecule has 0 aromatic rings. The summed E-state index contributed by atoms with van der Waals surface area (Å²) >= 11 is 0. The van der Waals surface area contributed by atoms with Crippen LogP contribution in [0.1, 0.15) is 83.5 Å². The van der Waals surface area contributed by atoms with Gasteiger partial charge < -0.3 is 10.4 Å². The van der Waals surface area contributed by atoms with Crippen molar-refractivity contribution >= 4 is 11.9 Å². The minimum absolute atomic E-state index is 0.0520. The van der Waals surface area contributed by atoms with Crippen LogP contribution in [-0.2, 0) is 9.59 Å². The van der Waals surface area contributed by atoms with Gasteiger partial charge in [-0.1, -0.05) is 69.9 Å². The number of carbonyl (C=O) groups excluding carboxylic acids is 1. The largest absolute Gasteiger partial charge is 0.481 e. The van der Waals surface area contributed by atoms with Crippen LogP contribution in [0, 0.1) is 11.8 Å². The van der Waals surface area contributed by atoms with Gasteiger partial charge in [0.05, 0.1) is 11.8 Å². The number of allylic oxidation sites excluding steroid dienone is 2. The van der Waals surface area contributed by atoms with E-state index in [0.29, 0.717) is 12.8 Å². The fraction of sp³-hybridized carbons (Fsp3) is 0.800. The lowest BCUT2D eigenvalue weighted by molar-refractivity contribution is -0.147. The second-order valence-electron chi connectivity index (χ2n) is 7.46. The third kappa shape index (κ3) is 6.29. The van der Waals surface area contributed by atoms with Crippen molar-refractivity contribution in [3.05, 3.63) is 12.2 Å². The molecule has 1 fully saturated rings. The summed E-state index contributed by atoms with van der Waals surface area (Å²) in [5.41, 5.74) is 0. The number of hydrogen-bond donors (Lipinski definition) is 2. The van der Waals surface area contributed by atoms with E-state index >= 15 is 0 Å². The Balaban J connectivity index is 1.88. The average molecular weight is 335 g/mol. The monoisotopic (exact) mass is 335 g/mol. The smallest absolute Gasteiger partial charge is 0.307 e. The number of hydrogen-bond acceptors (Lipinski definition) is 2. The molecule has 1 saturated carbocycles. The second-order valence-corrected chi connectivity index (χ2v) is 7.46. The molecule has 2 aliphatic carbocycles. The molecule has 4 heteroatoms. The Labute approximate surface area is 146 Å². The van der Waals surface area contributed by atoms with Crippen LogP contribution in [0.4, 0.5) is 0 Å². The van der Waals surface area contributed by atoms with Gasteiger partial charge in [-0.05, 0) is 25.7 Å². The first-order valence-electron chi connectivity index (χ1n) is 9.86. The molecule has 0 heterocycles. The normalized spacial score (nSPS) is 27.7. The van der Waals surface area contributed by atoms with Crippen molar-refractivity contribution in [1.82, 2.24) is 5.32 Å². The maximum absolute atomic E-state index is 12.6. The Bertz CT molecular complexity index is 421. The van der Waals surface area contributed by atoms with Crippen LogP contribution < -0.4 is 5.32 Å². The first-order chi connectivity index (χ1) is 11.7. The highest BCUT2D eigenvalue weighted by molar-refractivity contribution is 5.85. The predicted molar refractivity (Wildman–Crippen MR) is 95.7 cm³/mol. The van der Waals surface area contributed by atoms with E-state index in [1.165, 1.54) is 44.9 Å². The minimum Gasteiger partial charge on any atom is -0.481 e. The van der Waals surface area contributed by atoms with Crippen molar-refractivity contribution < 1.29 is 14.7 Å². The molecule has 136 valence electrons. The maximum atomic E-state index is 12.6. The van der Waals surface area contributed by atoms with E-state index in [1.54, 1.807) is 0 Å². The van der Waals surface area contributed by atoms with Gasteiger partial charge in [-0.15, -0.1) is 0 Å². The molecule has 0 bridgehead atoms. The Morgan fingerprint density at radius 3 is 1.71 bits per heavy atom. The van der Waals surface area contributed by atoms with Gasteiger partial charge in [-0.3, -0.25) is 9.59 Å². The van der Waals surface area contributed by atoms with E-state index in [-0.39, 0.29) is 11.9 Å². The van der Waals surface area contributed by atoms with Crippen molar-refractivity contribution in [3.63, 3.8) is 0 Å². The zero-order valence-electron chi connectivity index (χ0n) is 14.8. The van der Waals surface area contributed by atoms with Crippen LogP contribution in [0.2, 0.25) is 0 Å². The third-order valence-electron chi connectivity index (χ3n) is 5.54. The highest BCUT2D eigenvalue weighted by Crippen LogP contribution is 2.27. The quantitative estimate of drug-likeness (QED) is 0.749. The first kappa shape index (κ1) is 19.0. The van der Waals surface area contributed by atoms with E-state index in [1.807, 2.05) is 12.2 Å². The van der Waals surface area contributed by atoms with Gasteiger partial charge in [0, 0.05) is 6.04 Å². The average Bonchev–Trinajstić information content (AvgIpc) is 2.57. The standard InChI is InChI=1S/C20H33NO3/c22-19(17-14-10-11-15-18(17)20(23)24)21-16-12-8-6-4-2-1-3-5-7-9-13-16/h10-11,16-18H,1-9,12-15H2,(H,21,22)(H,23,24)/t17-,18-/m1/s1. The van der Waals surface area contributed by atoms with Crippen LogP contribution in [0.15, 0.2) is 12.2 Å². The lowest BCUT2D eigenvalue weighted by Crippen LogP contribution is -2.43. The summed E-state index contributed by atoms with van der Waals surface area (Å²) < 4.78 is 0. The van der Waals surface area contributed by atoms with E-state index < -0.39 is 17.8 Å². The summed E-state index contributed by atoms with van der Waals surface area (Å²) in [7, 11) is 0. The van der Waals surface area contributed by atoms with Gasteiger partial charge in [0.15, 0.2) is 0 Å². The number of nitrogens with one attached hydrogen (secondary N) is 1. The molecule has 24 heavy (non-hydrogen) atoms. The highest BCUT2D eigenvalue weighted by atomic mass is 16.4. The number of amides is 1. The summed E-state index contributed by atoms with van der Waals surface area (Å²) in [6.07, 6.45) is 18.4. The van der Waals surface area contributed by atoms with Crippen LogP contribution in [0.5, 0.6) is 0 Å². The lowest BCUT2D eigenvalue weighted by atomic mass is 9.82. The Morgan fingerprint density at radius 2 is 1.21 bits per heavy atom. The molecule has 0 unspecified atom stereocenters. The van der Waals surface area contributed by atoms with E-state index in [2.05, 4.69) is 5.32 Å². The molecule has 2 atom stereocenters. The molecule has 0 aromatic heterocycles. The van der Waals surface area contributed by atoms with Crippen molar-refractivity contribution in [2.45, 2.75) is 89.5 Å². The first-order valence-corrected chi connectivity index (χ1v) is 9.86. The van der Waals surface area contributed by atoms with Crippen LogP contribution in [0.25, 0.3) is 0 Å². The molecule has 0 spiro atoms. The number of rotatable bonds is 3. The van der Waals surface area contributed by atoms with Gasteiger partial charge in [-0.25, -0.2) is 0 Å². The molecule has 1 amide bonds. The van der Waals surface area contributed by atoms with Crippen molar-refractivity contribution in [2.75, 3.05) is 0 Å². The van der Waals surface area contributed by atoms with E-state index in [0.717, 1.165) is 25.7 Å². The number of carboxylic acids is 1. The third-order valence-corrected chi connectivity index (χ3v) is 5.54. The minimum atomic E-state index is -0.849. The van der Waals surface area contributed by atoms with E-state index in [4.69, 9.17) is 0 Å². The SMILES string of the molecule is O=C(O)[C@@H]1CC=CC[C@H]1C(=O)NC1CCCCCCCCCCC1. The van der Waals surface area contributed by atoms with Crippen LogP contribution in [-0.4, -0.2) is 23.0 Å². The van der Waals surface area contributed by atoms with Crippen molar-refractivity contribution in [3.8, 4) is 0 Å². The second kappa shape index (κ2) is 10.5. The van der Waals surface area contributed by atoms with Crippen LogP contribution in [0.3, 0.4) is 0 Å². The predicted octanol–water partition coefficient (Wildman–Crippen LogP) is 4.44. The van der Waals surface area contributed by atoms with Gasteiger partial charge in [0.2, 0.25) is 5.91 Å². The molecular formula is C20H33NO3. The van der Waals surface area contributed by atoms with Gasteiger partial charge in [0.25, 0.3) is 0 Å². The van der Waals surface area contributed by atoms with Gasteiger partial charge in [0.1, 0.15) is 0 Å². The highest BCUT2D eigenvalue weighted by Gasteiger charge is 2.34. The summed E-state index contributed by atoms with van der Waals surface area (Å²) in [4.78, 5) is 24.1. The summed E-state index contributed by atoms with van der Waals surface area (Å²) in [5, 5.41) is 12.5. The topological polar surface area (TPSA) is 66.4 Å². The van der Waals surface area contributed by atoms with Crippen molar-refractivity contribution in [1.29, 1.82) is 0 Å².